The van der Waals surface area contributed by atoms with Crippen LogP contribution in [0.15, 0.2) is 42.7 Å². The number of likely N-dealkylation sites (tertiary alicyclic amines) is 1. The molecule has 5 amide bonds. The Kier molecular flexibility index (Phi) is 9.52. The molecule has 5 aliphatic heterocycles. The molecule has 8 heterocycles. The third kappa shape index (κ3) is 6.62. The summed E-state index contributed by atoms with van der Waals surface area (Å²) in [6.07, 6.45) is 11.0. The first-order valence-corrected chi connectivity index (χ1v) is 21.1. The number of carbonyl (C=O) groups excluding carboxylic acids is 5. The second-order valence-corrected chi connectivity index (χ2v) is 17.4. The quantitative estimate of drug-likeness (QED) is 0.233. The first kappa shape index (κ1) is 38.2. The number of aromatic nitrogens is 4. The summed E-state index contributed by atoms with van der Waals surface area (Å²) >= 11 is 0. The standard InChI is InChI=1S/C43H48FN11O5/c1-50(2)42(60)35-15-25-19-46-43(49-38(25)54(35)26-5-3-4-6-26)47-36-9-7-27(20-45-36)51-13-11-24(12-14-51)21-52-22-29-16-28(52)23-53(29)34-18-31-30(17-32(34)44)40(58)55(41(31)59)33-8-10-37(56)48-39(33)57/h7,9,15,17-20,24,26,28-29,33H,3-6,8,10-14,16,21-23H2,1-2H3,(H,48,56,57)(H,45,46,47,49)/t28-,29-,33?/m0/s1. The highest BCUT2D eigenvalue weighted by Crippen LogP contribution is 2.40. The SMILES string of the molecule is CN(C)C(=O)c1cc2cnc(Nc3ccc(N4CCC(CN5C[C@@H]6C[C@H]5CN6c5cc6c(cc5F)C(=O)N(C5CCC(=O)NC5=O)C6=O)CC4)cn3)nc2n1C1CCCC1. The normalized spacial score (nSPS) is 23.6. The maximum Gasteiger partial charge on any atom is 0.270 e. The van der Waals surface area contributed by atoms with Crippen LogP contribution in [0.2, 0.25) is 0 Å². The number of benzene rings is 1. The molecule has 2 N–H and O–H groups in total. The van der Waals surface area contributed by atoms with E-state index in [0.717, 1.165) is 98.8 Å². The van der Waals surface area contributed by atoms with Crippen molar-refractivity contribution in [2.75, 3.05) is 61.9 Å². The van der Waals surface area contributed by atoms with Gasteiger partial charge in [-0.2, -0.15) is 4.98 Å². The van der Waals surface area contributed by atoms with Crippen LogP contribution >= 0.6 is 0 Å². The van der Waals surface area contributed by atoms with Crippen molar-refractivity contribution in [2.45, 2.75) is 82.0 Å². The molecule has 3 aromatic heterocycles. The molecule has 3 atom stereocenters. The summed E-state index contributed by atoms with van der Waals surface area (Å²) in [7, 11) is 3.54. The number of hydrogen-bond donors (Lipinski definition) is 2. The maximum absolute atomic E-state index is 15.7. The van der Waals surface area contributed by atoms with Gasteiger partial charge in [-0.05, 0) is 74.8 Å². The number of rotatable bonds is 9. The van der Waals surface area contributed by atoms with E-state index >= 15 is 4.39 Å². The fourth-order valence-electron chi connectivity index (χ4n) is 10.4. The average molecular weight is 818 g/mol. The van der Waals surface area contributed by atoms with Crippen LogP contribution in [0, 0.1) is 11.7 Å². The molecule has 4 saturated heterocycles. The molecule has 1 saturated carbocycles. The van der Waals surface area contributed by atoms with Crippen LogP contribution in [-0.2, 0) is 9.59 Å². The predicted octanol–water partition coefficient (Wildman–Crippen LogP) is 4.11. The van der Waals surface area contributed by atoms with Gasteiger partial charge in [0.2, 0.25) is 17.8 Å². The summed E-state index contributed by atoms with van der Waals surface area (Å²) in [5.74, 6) is -1.46. The molecule has 4 aromatic rings. The maximum atomic E-state index is 15.7. The van der Waals surface area contributed by atoms with Crippen molar-refractivity contribution in [2.24, 2.45) is 5.92 Å². The Morgan fingerprint density at radius 1 is 0.900 bits per heavy atom. The van der Waals surface area contributed by atoms with Crippen LogP contribution in [0.4, 0.5) is 27.5 Å². The molecule has 17 heteroatoms. The number of nitrogens with one attached hydrogen (secondary N) is 2. The molecule has 0 spiro atoms. The Hall–Kier alpha value is -5.97. The van der Waals surface area contributed by atoms with Crippen molar-refractivity contribution in [3.8, 4) is 0 Å². The van der Waals surface area contributed by atoms with Crippen LogP contribution in [-0.4, -0.2) is 129 Å². The number of carbonyl (C=O) groups is 5. The van der Waals surface area contributed by atoms with Crippen molar-refractivity contribution in [1.82, 2.24) is 39.5 Å². The Morgan fingerprint density at radius 3 is 2.35 bits per heavy atom. The molecule has 1 aromatic carbocycles. The lowest BCUT2D eigenvalue weighted by molar-refractivity contribution is -0.136. The molecule has 1 aliphatic carbocycles. The van der Waals surface area contributed by atoms with E-state index in [-0.39, 0.29) is 48.0 Å². The summed E-state index contributed by atoms with van der Waals surface area (Å²) < 4.78 is 17.8. The highest BCUT2D eigenvalue weighted by molar-refractivity contribution is 6.23. The van der Waals surface area contributed by atoms with Crippen LogP contribution in [0.3, 0.4) is 0 Å². The number of pyridine rings is 1. The summed E-state index contributed by atoms with van der Waals surface area (Å²) in [6.45, 7) is 4.25. The molecular formula is C43H48FN11O5. The Labute approximate surface area is 346 Å². The summed E-state index contributed by atoms with van der Waals surface area (Å²) in [5.41, 5.74) is 2.82. The zero-order chi connectivity index (χ0) is 41.4. The monoisotopic (exact) mass is 817 g/mol. The molecule has 5 fully saturated rings. The van der Waals surface area contributed by atoms with Gasteiger partial charge in [0, 0.05) is 82.9 Å². The second kappa shape index (κ2) is 14.9. The fourth-order valence-corrected chi connectivity index (χ4v) is 10.4. The summed E-state index contributed by atoms with van der Waals surface area (Å²) in [5, 5.41) is 6.31. The van der Waals surface area contributed by atoms with E-state index in [0.29, 0.717) is 35.6 Å². The molecule has 0 radical (unpaired) electrons. The first-order chi connectivity index (χ1) is 29.0. The van der Waals surface area contributed by atoms with Crippen molar-refractivity contribution < 1.29 is 28.4 Å². The van der Waals surface area contributed by atoms with Gasteiger partial charge in [0.15, 0.2) is 0 Å². The molecule has 312 valence electrons. The van der Waals surface area contributed by atoms with Crippen molar-refractivity contribution in [3.63, 3.8) is 0 Å². The van der Waals surface area contributed by atoms with Gasteiger partial charge in [-0.3, -0.25) is 39.1 Å². The molecule has 10 rings (SSSR count). The van der Waals surface area contributed by atoms with E-state index in [2.05, 4.69) is 36.1 Å². The highest BCUT2D eigenvalue weighted by Gasteiger charge is 2.48. The van der Waals surface area contributed by atoms with Crippen LogP contribution in [0.1, 0.15) is 95.0 Å². The number of imide groups is 2. The molecular weight excluding hydrogens is 770 g/mol. The van der Waals surface area contributed by atoms with E-state index in [4.69, 9.17) is 9.97 Å². The minimum atomic E-state index is -1.09. The van der Waals surface area contributed by atoms with Gasteiger partial charge in [0.25, 0.3) is 17.7 Å². The second-order valence-electron chi connectivity index (χ2n) is 17.4. The van der Waals surface area contributed by atoms with Gasteiger partial charge in [-0.15, -0.1) is 0 Å². The van der Waals surface area contributed by atoms with E-state index in [1.165, 1.54) is 6.07 Å². The van der Waals surface area contributed by atoms with Gasteiger partial charge >= 0.3 is 0 Å². The number of piperazine rings is 1. The van der Waals surface area contributed by atoms with Crippen LogP contribution < -0.4 is 20.4 Å². The average Bonchev–Trinajstić information content (AvgIpc) is 4.09. The largest absolute Gasteiger partial charge is 0.370 e. The number of hydrogen-bond acceptors (Lipinski definition) is 12. The lowest BCUT2D eigenvalue weighted by atomic mass is 9.95. The van der Waals surface area contributed by atoms with E-state index in [1.54, 1.807) is 25.2 Å². The lowest BCUT2D eigenvalue weighted by Crippen LogP contribution is -2.54. The zero-order valence-corrected chi connectivity index (χ0v) is 33.8. The Morgan fingerprint density at radius 2 is 1.67 bits per heavy atom. The molecule has 6 aliphatic rings. The van der Waals surface area contributed by atoms with Crippen molar-refractivity contribution in [1.29, 1.82) is 0 Å². The van der Waals surface area contributed by atoms with Crippen LogP contribution in [0.5, 0.6) is 0 Å². The number of halogens is 1. The number of piperidine rings is 2. The highest BCUT2D eigenvalue weighted by atomic mass is 19.1. The fraction of sp³-hybridized carbons (Fsp3) is 0.488. The number of nitrogens with zero attached hydrogens (tertiary/aromatic N) is 9. The van der Waals surface area contributed by atoms with Gasteiger partial charge in [-0.1, -0.05) is 12.8 Å². The van der Waals surface area contributed by atoms with Crippen molar-refractivity contribution >= 4 is 63.7 Å². The number of anilines is 4. The molecule has 16 nitrogen and oxygen atoms in total. The Bertz CT molecular complexity index is 2420. The van der Waals surface area contributed by atoms with Gasteiger partial charge in [0.05, 0.1) is 28.7 Å². The van der Waals surface area contributed by atoms with Crippen molar-refractivity contribution in [3.05, 3.63) is 65.4 Å². The van der Waals surface area contributed by atoms with Crippen LogP contribution in [0.25, 0.3) is 11.0 Å². The molecule has 1 unspecified atom stereocenters. The predicted molar refractivity (Wildman–Crippen MR) is 220 cm³/mol. The van der Waals surface area contributed by atoms with E-state index in [1.807, 2.05) is 23.2 Å². The minimum absolute atomic E-state index is 0.0240. The number of amides is 5. The lowest BCUT2D eigenvalue weighted by Gasteiger charge is -2.39. The van der Waals surface area contributed by atoms with Gasteiger partial charge in [-0.25, -0.2) is 14.4 Å². The molecule has 60 heavy (non-hydrogen) atoms. The zero-order valence-electron chi connectivity index (χ0n) is 33.8. The van der Waals surface area contributed by atoms with E-state index in [9.17, 15) is 24.0 Å². The number of fused-ring (bicyclic) bond motifs is 4. The Balaban J connectivity index is 0.736. The van der Waals surface area contributed by atoms with Gasteiger partial charge in [0.1, 0.15) is 29.0 Å². The topological polar surface area (TPSA) is 169 Å². The first-order valence-electron chi connectivity index (χ1n) is 21.1. The summed E-state index contributed by atoms with van der Waals surface area (Å²) in [4.78, 5) is 87.4. The summed E-state index contributed by atoms with van der Waals surface area (Å²) in [6, 6.07) is 8.03. The third-order valence-electron chi connectivity index (χ3n) is 13.5. The molecule has 2 bridgehead atoms. The third-order valence-corrected chi connectivity index (χ3v) is 13.5. The van der Waals surface area contributed by atoms with E-state index < -0.39 is 35.5 Å². The smallest absolute Gasteiger partial charge is 0.270 e. The minimum Gasteiger partial charge on any atom is -0.370 e. The van der Waals surface area contributed by atoms with Gasteiger partial charge < -0.3 is 24.6 Å².